The maximum absolute atomic E-state index is 6.09. The highest BCUT2D eigenvalue weighted by molar-refractivity contribution is 5.88. The number of ether oxygens (including phenoxy) is 1. The van der Waals surface area contributed by atoms with Crippen LogP contribution in [0.15, 0.2) is 97.1 Å². The van der Waals surface area contributed by atoms with E-state index in [0.717, 1.165) is 5.75 Å². The number of hydrogen-bond donors (Lipinski definition) is 1. The Morgan fingerprint density at radius 1 is 0.724 bits per heavy atom. The van der Waals surface area contributed by atoms with E-state index < -0.39 is 0 Å². The van der Waals surface area contributed by atoms with Crippen molar-refractivity contribution in [2.45, 2.75) is 25.9 Å². The van der Waals surface area contributed by atoms with Crippen LogP contribution in [-0.2, 0) is 0 Å². The molecule has 0 unspecified atom stereocenters. The van der Waals surface area contributed by atoms with Gasteiger partial charge in [-0.05, 0) is 41.8 Å². The van der Waals surface area contributed by atoms with Gasteiger partial charge in [0.25, 0.3) is 0 Å². The van der Waals surface area contributed by atoms with Crippen LogP contribution in [0.4, 0.5) is 0 Å². The highest BCUT2D eigenvalue weighted by Crippen LogP contribution is 2.37. The average molecular weight is 382 g/mol. The number of fused-ring (bicyclic) bond motifs is 1. The predicted octanol–water partition coefficient (Wildman–Crippen LogP) is 6.68. The fourth-order valence-electron chi connectivity index (χ4n) is 3.93. The molecule has 0 saturated heterocycles. The maximum atomic E-state index is 6.09. The largest absolute Gasteiger partial charge is 0.493 e. The standard InChI is InChI=1S/C27H27NO/c1-3-29-25-19-18-22-14-10-11-17-24(22)26(25)27(23-15-8-5-9-16-23)28-20(2)21-12-6-4-7-13-21/h4-20,27-28H,3H2,1-2H3/t20-,27-/m1/s1. The van der Waals surface area contributed by atoms with E-state index >= 15 is 0 Å². The van der Waals surface area contributed by atoms with Crippen LogP contribution in [0.1, 0.15) is 42.6 Å². The van der Waals surface area contributed by atoms with Crippen molar-refractivity contribution < 1.29 is 4.74 Å². The molecule has 146 valence electrons. The van der Waals surface area contributed by atoms with E-state index in [4.69, 9.17) is 4.74 Å². The van der Waals surface area contributed by atoms with E-state index in [1.807, 2.05) is 6.92 Å². The Labute approximate surface area is 173 Å². The lowest BCUT2D eigenvalue weighted by atomic mass is 9.91. The van der Waals surface area contributed by atoms with Crippen LogP contribution in [0.3, 0.4) is 0 Å². The second kappa shape index (κ2) is 8.93. The number of nitrogens with one attached hydrogen (secondary N) is 1. The van der Waals surface area contributed by atoms with Crippen molar-refractivity contribution in [2.24, 2.45) is 0 Å². The van der Waals surface area contributed by atoms with Crippen LogP contribution < -0.4 is 10.1 Å². The van der Waals surface area contributed by atoms with Crippen molar-refractivity contribution in [3.8, 4) is 5.75 Å². The Morgan fingerprint density at radius 2 is 1.34 bits per heavy atom. The highest BCUT2D eigenvalue weighted by atomic mass is 16.5. The molecule has 0 aromatic heterocycles. The average Bonchev–Trinajstić information content (AvgIpc) is 2.79. The number of rotatable bonds is 7. The smallest absolute Gasteiger partial charge is 0.125 e. The van der Waals surface area contributed by atoms with Gasteiger partial charge < -0.3 is 4.74 Å². The van der Waals surface area contributed by atoms with E-state index in [1.54, 1.807) is 0 Å². The molecule has 0 amide bonds. The van der Waals surface area contributed by atoms with Crippen molar-refractivity contribution in [3.63, 3.8) is 0 Å². The van der Waals surface area contributed by atoms with E-state index in [2.05, 4.69) is 109 Å². The molecule has 0 bridgehead atoms. The molecule has 2 atom stereocenters. The van der Waals surface area contributed by atoms with Crippen molar-refractivity contribution >= 4 is 10.8 Å². The molecule has 2 heteroatoms. The van der Waals surface area contributed by atoms with Crippen molar-refractivity contribution in [3.05, 3.63) is 114 Å². The first kappa shape index (κ1) is 19.2. The lowest BCUT2D eigenvalue weighted by Crippen LogP contribution is -2.26. The fourth-order valence-corrected chi connectivity index (χ4v) is 3.93. The summed E-state index contributed by atoms with van der Waals surface area (Å²) in [6.07, 6.45) is 0. The van der Waals surface area contributed by atoms with Crippen LogP contribution >= 0.6 is 0 Å². The van der Waals surface area contributed by atoms with Gasteiger partial charge in [0.1, 0.15) is 5.75 Å². The third-order valence-corrected chi connectivity index (χ3v) is 5.37. The first-order valence-electron chi connectivity index (χ1n) is 10.3. The second-order valence-corrected chi connectivity index (χ2v) is 7.27. The molecule has 0 aliphatic carbocycles. The van der Waals surface area contributed by atoms with Crippen LogP contribution in [-0.4, -0.2) is 6.61 Å². The molecule has 2 nitrogen and oxygen atoms in total. The summed E-state index contributed by atoms with van der Waals surface area (Å²) in [5.41, 5.74) is 3.69. The summed E-state index contributed by atoms with van der Waals surface area (Å²) >= 11 is 0. The molecule has 0 aliphatic heterocycles. The molecule has 4 aromatic rings. The zero-order chi connectivity index (χ0) is 20.1. The molecule has 0 fully saturated rings. The van der Waals surface area contributed by atoms with Gasteiger partial charge >= 0.3 is 0 Å². The van der Waals surface area contributed by atoms with Gasteiger partial charge in [-0.1, -0.05) is 91.0 Å². The van der Waals surface area contributed by atoms with Crippen LogP contribution in [0, 0.1) is 0 Å². The first-order valence-corrected chi connectivity index (χ1v) is 10.3. The summed E-state index contributed by atoms with van der Waals surface area (Å²) in [4.78, 5) is 0. The molecular weight excluding hydrogens is 354 g/mol. The zero-order valence-electron chi connectivity index (χ0n) is 17.0. The first-order chi connectivity index (χ1) is 14.3. The minimum absolute atomic E-state index is 0.0130. The lowest BCUT2D eigenvalue weighted by Gasteiger charge is -2.27. The van der Waals surface area contributed by atoms with Crippen LogP contribution in [0.5, 0.6) is 5.75 Å². The molecular formula is C27H27NO. The topological polar surface area (TPSA) is 21.3 Å². The molecule has 0 aliphatic rings. The van der Waals surface area contributed by atoms with Gasteiger partial charge in [-0.15, -0.1) is 0 Å². The summed E-state index contributed by atoms with van der Waals surface area (Å²) in [5.74, 6) is 0.938. The van der Waals surface area contributed by atoms with E-state index in [9.17, 15) is 0 Å². The SMILES string of the molecule is CCOc1ccc2ccccc2c1[C@H](N[C@H](C)c1ccccc1)c1ccccc1. The molecule has 1 N–H and O–H groups in total. The molecule has 4 aromatic carbocycles. The minimum Gasteiger partial charge on any atom is -0.493 e. The Balaban J connectivity index is 1.86. The van der Waals surface area contributed by atoms with Crippen LogP contribution in [0.25, 0.3) is 10.8 Å². The summed E-state index contributed by atoms with van der Waals surface area (Å²) in [6.45, 7) is 4.90. The second-order valence-electron chi connectivity index (χ2n) is 7.27. The monoisotopic (exact) mass is 381 g/mol. The van der Waals surface area contributed by atoms with Crippen molar-refractivity contribution in [1.82, 2.24) is 5.32 Å². The zero-order valence-corrected chi connectivity index (χ0v) is 17.0. The van der Waals surface area contributed by atoms with E-state index in [-0.39, 0.29) is 12.1 Å². The Kier molecular flexibility index (Phi) is 5.92. The maximum Gasteiger partial charge on any atom is 0.125 e. The molecule has 0 saturated carbocycles. The molecule has 0 heterocycles. The van der Waals surface area contributed by atoms with Gasteiger partial charge in [-0.3, -0.25) is 5.32 Å². The quantitative estimate of drug-likeness (QED) is 0.385. The summed E-state index contributed by atoms with van der Waals surface area (Å²) < 4.78 is 6.09. The fraction of sp³-hybridized carbons (Fsp3) is 0.185. The van der Waals surface area contributed by atoms with Crippen molar-refractivity contribution in [1.29, 1.82) is 0 Å². The highest BCUT2D eigenvalue weighted by Gasteiger charge is 2.23. The Bertz CT molecular complexity index is 1060. The van der Waals surface area contributed by atoms with Gasteiger partial charge in [0, 0.05) is 11.6 Å². The van der Waals surface area contributed by atoms with E-state index in [1.165, 1.54) is 27.5 Å². The van der Waals surface area contributed by atoms with Gasteiger partial charge in [-0.25, -0.2) is 0 Å². The molecule has 0 radical (unpaired) electrons. The molecule has 29 heavy (non-hydrogen) atoms. The molecule has 4 rings (SSSR count). The van der Waals surface area contributed by atoms with Gasteiger partial charge in [0.05, 0.1) is 12.6 Å². The predicted molar refractivity (Wildman–Crippen MR) is 121 cm³/mol. The lowest BCUT2D eigenvalue weighted by molar-refractivity contribution is 0.333. The number of hydrogen-bond acceptors (Lipinski definition) is 2. The minimum atomic E-state index is 0.0130. The van der Waals surface area contributed by atoms with Crippen molar-refractivity contribution in [2.75, 3.05) is 6.61 Å². The molecule has 0 spiro atoms. The van der Waals surface area contributed by atoms with Gasteiger partial charge in [0.2, 0.25) is 0 Å². The Morgan fingerprint density at radius 3 is 2.03 bits per heavy atom. The third-order valence-electron chi connectivity index (χ3n) is 5.37. The van der Waals surface area contributed by atoms with Gasteiger partial charge in [-0.2, -0.15) is 0 Å². The summed E-state index contributed by atoms with van der Waals surface area (Å²) in [7, 11) is 0. The van der Waals surface area contributed by atoms with E-state index in [0.29, 0.717) is 6.61 Å². The normalized spacial score (nSPS) is 13.2. The van der Waals surface area contributed by atoms with Gasteiger partial charge in [0.15, 0.2) is 0 Å². The van der Waals surface area contributed by atoms with Crippen LogP contribution in [0.2, 0.25) is 0 Å². The number of benzene rings is 4. The summed E-state index contributed by atoms with van der Waals surface area (Å²) in [6, 6.07) is 34.2. The Hall–Kier alpha value is -3.10. The third kappa shape index (κ3) is 4.18. The summed E-state index contributed by atoms with van der Waals surface area (Å²) in [5, 5.41) is 6.32.